The van der Waals surface area contributed by atoms with E-state index in [9.17, 15) is 4.79 Å². The number of carbonyl (C=O) groups excluding carboxylic acids is 1. The van der Waals surface area contributed by atoms with Crippen LogP contribution in [0.1, 0.15) is 22.9 Å². The van der Waals surface area contributed by atoms with Gasteiger partial charge in [-0.15, -0.1) is 0 Å². The zero-order valence-corrected chi connectivity index (χ0v) is 18.4. The molecule has 1 aromatic heterocycles. The van der Waals surface area contributed by atoms with Gasteiger partial charge in [0.05, 0.1) is 39.0 Å². The van der Waals surface area contributed by atoms with E-state index in [1.54, 1.807) is 25.4 Å². The normalized spacial score (nSPS) is 15.8. The molecule has 1 aliphatic rings. The average molecular weight is 433 g/mol. The largest absolute Gasteiger partial charge is 0.497 e. The minimum atomic E-state index is -0.0529. The molecule has 1 aliphatic heterocycles. The smallest absolute Gasteiger partial charge is 0.335 e. The van der Waals surface area contributed by atoms with Crippen molar-refractivity contribution in [3.05, 3.63) is 89.7 Å². The number of benzene rings is 2. The first-order chi connectivity index (χ1) is 15.7. The van der Waals surface area contributed by atoms with Gasteiger partial charge in [0.2, 0.25) is 0 Å². The molecule has 0 bridgehead atoms. The third-order valence-corrected chi connectivity index (χ3v) is 5.69. The van der Waals surface area contributed by atoms with E-state index in [0.717, 1.165) is 34.7 Å². The van der Waals surface area contributed by atoms with Crippen LogP contribution >= 0.6 is 0 Å². The van der Waals surface area contributed by atoms with Crippen molar-refractivity contribution in [3.63, 3.8) is 0 Å². The number of ether oxygens (including phenoxy) is 2. The Morgan fingerprint density at radius 3 is 2.28 bits per heavy atom. The van der Waals surface area contributed by atoms with Crippen LogP contribution in [0.4, 0.5) is 4.79 Å². The molecule has 3 aromatic rings. The Bertz CT molecular complexity index is 1010. The fourth-order valence-corrected chi connectivity index (χ4v) is 3.85. The summed E-state index contributed by atoms with van der Waals surface area (Å²) in [5.74, 6) is 1.62. The monoisotopic (exact) mass is 432 g/mol. The number of pyridine rings is 1. The van der Waals surface area contributed by atoms with Gasteiger partial charge >= 0.3 is 6.03 Å². The second-order valence-corrected chi connectivity index (χ2v) is 7.63. The van der Waals surface area contributed by atoms with Crippen molar-refractivity contribution in [3.8, 4) is 11.5 Å². The highest BCUT2D eigenvalue weighted by Crippen LogP contribution is 2.30. The van der Waals surface area contributed by atoms with Crippen molar-refractivity contribution >= 4 is 6.03 Å². The Hall–Kier alpha value is -3.58. The van der Waals surface area contributed by atoms with Gasteiger partial charge in [-0.1, -0.05) is 30.3 Å². The molecular weight excluding hydrogens is 404 g/mol. The zero-order chi connectivity index (χ0) is 22.3. The number of amides is 2. The lowest BCUT2D eigenvalue weighted by Gasteiger charge is -2.23. The van der Waals surface area contributed by atoms with E-state index < -0.39 is 0 Å². The highest BCUT2D eigenvalue weighted by molar-refractivity contribution is 5.77. The van der Waals surface area contributed by atoms with Gasteiger partial charge in [-0.3, -0.25) is 9.99 Å². The second-order valence-electron chi connectivity index (χ2n) is 7.63. The summed E-state index contributed by atoms with van der Waals surface area (Å²) in [6.45, 7) is 1.67. The van der Waals surface area contributed by atoms with Gasteiger partial charge in [-0.05, 0) is 53.9 Å². The molecule has 2 aromatic carbocycles. The van der Waals surface area contributed by atoms with E-state index in [0.29, 0.717) is 19.6 Å². The van der Waals surface area contributed by atoms with E-state index in [-0.39, 0.29) is 12.1 Å². The molecule has 0 saturated carbocycles. The lowest BCUT2D eigenvalue weighted by molar-refractivity contribution is 0.171. The van der Waals surface area contributed by atoms with Gasteiger partial charge in [0, 0.05) is 12.7 Å². The number of methoxy groups -OCH3 is 2. The fourth-order valence-electron chi connectivity index (χ4n) is 3.85. The first kappa shape index (κ1) is 21.6. The summed E-state index contributed by atoms with van der Waals surface area (Å²) >= 11 is 0. The summed E-state index contributed by atoms with van der Waals surface area (Å²) in [5, 5.41) is 1.69. The van der Waals surface area contributed by atoms with Gasteiger partial charge in [0.25, 0.3) is 0 Å². The Balaban J connectivity index is 1.49. The summed E-state index contributed by atoms with van der Waals surface area (Å²) < 4.78 is 10.5. The molecule has 1 fully saturated rings. The third kappa shape index (κ3) is 5.00. The molecule has 2 amide bonds. The number of hydrogen-bond donors (Lipinski definition) is 1. The number of hydrazine groups is 1. The number of hydrogen-bond acceptors (Lipinski definition) is 5. The van der Waals surface area contributed by atoms with Crippen LogP contribution in [0.5, 0.6) is 11.5 Å². The van der Waals surface area contributed by atoms with Crippen LogP contribution < -0.4 is 14.9 Å². The van der Waals surface area contributed by atoms with Crippen molar-refractivity contribution in [2.45, 2.75) is 19.0 Å². The maximum Gasteiger partial charge on any atom is 0.335 e. The predicted molar refractivity (Wildman–Crippen MR) is 122 cm³/mol. The van der Waals surface area contributed by atoms with Gasteiger partial charge in [-0.2, -0.15) is 0 Å². The molecule has 1 N–H and O–H groups in total. The fraction of sp³-hybridized carbons (Fsp3) is 0.280. The van der Waals surface area contributed by atoms with Crippen molar-refractivity contribution in [2.75, 3.05) is 27.3 Å². The van der Waals surface area contributed by atoms with Crippen LogP contribution in [-0.4, -0.2) is 48.2 Å². The minimum Gasteiger partial charge on any atom is -0.497 e. The van der Waals surface area contributed by atoms with Crippen LogP contribution in [0.2, 0.25) is 0 Å². The molecule has 7 nitrogen and oxygen atoms in total. The van der Waals surface area contributed by atoms with E-state index in [4.69, 9.17) is 9.47 Å². The van der Waals surface area contributed by atoms with Crippen LogP contribution in [-0.2, 0) is 13.0 Å². The summed E-state index contributed by atoms with van der Waals surface area (Å²) in [5.41, 5.74) is 6.38. The van der Waals surface area contributed by atoms with Crippen molar-refractivity contribution < 1.29 is 14.3 Å². The number of nitrogens with zero attached hydrogens (tertiary/aromatic N) is 3. The highest BCUT2D eigenvalue weighted by Gasteiger charge is 2.37. The van der Waals surface area contributed by atoms with Crippen molar-refractivity contribution in [2.24, 2.45) is 0 Å². The molecule has 166 valence electrons. The average Bonchev–Trinajstić information content (AvgIpc) is 3.17. The van der Waals surface area contributed by atoms with Crippen LogP contribution in [0, 0.1) is 0 Å². The Morgan fingerprint density at radius 2 is 1.66 bits per heavy atom. The third-order valence-electron chi connectivity index (χ3n) is 5.69. The molecule has 7 heteroatoms. The first-order valence-electron chi connectivity index (χ1n) is 10.7. The SMILES string of the molecule is COc1ccc(CCN2C(=O)N(NCc3ccccn3)C[C@H]2c2ccc(OC)cc2)cc1. The molecule has 1 saturated heterocycles. The highest BCUT2D eigenvalue weighted by atomic mass is 16.5. The minimum absolute atomic E-state index is 0.0322. The van der Waals surface area contributed by atoms with E-state index >= 15 is 0 Å². The maximum atomic E-state index is 13.3. The molecule has 1 atom stereocenters. The van der Waals surface area contributed by atoms with Crippen LogP contribution in [0.15, 0.2) is 72.9 Å². The molecule has 0 aliphatic carbocycles. The molecule has 0 radical (unpaired) electrons. The van der Waals surface area contributed by atoms with Gasteiger partial charge < -0.3 is 14.4 Å². The van der Waals surface area contributed by atoms with Crippen molar-refractivity contribution in [1.29, 1.82) is 0 Å². The summed E-state index contributed by atoms with van der Waals surface area (Å²) in [6.07, 6.45) is 2.51. The van der Waals surface area contributed by atoms with E-state index in [1.807, 2.05) is 71.6 Å². The topological polar surface area (TPSA) is 66.9 Å². The molecule has 0 unspecified atom stereocenters. The van der Waals surface area contributed by atoms with Crippen LogP contribution in [0.25, 0.3) is 0 Å². The van der Waals surface area contributed by atoms with Gasteiger partial charge in [0.15, 0.2) is 0 Å². The Kier molecular flexibility index (Phi) is 6.87. The van der Waals surface area contributed by atoms with Gasteiger partial charge in [-0.25, -0.2) is 10.2 Å². The van der Waals surface area contributed by atoms with Crippen LogP contribution in [0.3, 0.4) is 0 Å². The summed E-state index contributed by atoms with van der Waals surface area (Å²) in [7, 11) is 3.31. The number of rotatable bonds is 9. The molecule has 0 spiro atoms. The first-order valence-corrected chi connectivity index (χ1v) is 10.7. The second kappa shape index (κ2) is 10.2. The van der Waals surface area contributed by atoms with E-state index in [1.165, 1.54) is 0 Å². The number of urea groups is 1. The van der Waals surface area contributed by atoms with Crippen molar-refractivity contribution in [1.82, 2.24) is 20.3 Å². The molecule has 32 heavy (non-hydrogen) atoms. The number of nitrogens with one attached hydrogen (secondary N) is 1. The zero-order valence-electron chi connectivity index (χ0n) is 18.4. The summed E-state index contributed by atoms with van der Waals surface area (Å²) in [6, 6.07) is 21.6. The Labute approximate surface area is 188 Å². The quantitative estimate of drug-likeness (QED) is 0.557. The molecule has 4 rings (SSSR count). The Morgan fingerprint density at radius 1 is 0.969 bits per heavy atom. The molecular formula is C25H28N4O3. The predicted octanol–water partition coefficient (Wildman–Crippen LogP) is 3.83. The van der Waals surface area contributed by atoms with Gasteiger partial charge in [0.1, 0.15) is 11.5 Å². The lowest BCUT2D eigenvalue weighted by Crippen LogP contribution is -2.41. The molecule has 2 heterocycles. The summed E-state index contributed by atoms with van der Waals surface area (Å²) in [4.78, 5) is 19.5. The van der Waals surface area contributed by atoms with E-state index in [2.05, 4.69) is 10.4 Å². The number of carbonyl (C=O) groups is 1. The maximum absolute atomic E-state index is 13.3. The standard InChI is InChI=1S/C25H28N4O3/c1-31-22-10-6-19(7-11-22)14-16-28-24(20-8-12-23(32-2)13-9-20)18-29(25(28)30)27-17-21-5-3-4-15-26-21/h3-13,15,24,27H,14,16-18H2,1-2H3/t24-/m0/s1. The lowest BCUT2D eigenvalue weighted by atomic mass is 10.1. The number of aromatic nitrogens is 1.